The Labute approximate surface area is 101 Å². The maximum Gasteiger partial charge on any atom is 0.251 e. The Morgan fingerprint density at radius 1 is 1.38 bits per heavy atom. The van der Waals surface area contributed by atoms with Crippen molar-refractivity contribution < 1.29 is 9.18 Å². The highest BCUT2D eigenvalue weighted by molar-refractivity contribution is 5.95. The Morgan fingerprint density at radius 2 is 2.06 bits per heavy atom. The molecule has 0 saturated carbocycles. The summed E-state index contributed by atoms with van der Waals surface area (Å²) in [5.74, 6) is -0.624. The van der Waals surface area contributed by atoms with E-state index in [-0.39, 0.29) is 24.1 Å². The highest BCUT2D eigenvalue weighted by atomic mass is 35.5. The van der Waals surface area contributed by atoms with Crippen LogP contribution in [0.4, 0.5) is 4.39 Å². The number of likely N-dealkylation sites (N-methyl/N-ethyl adjacent to an activating group) is 1. The summed E-state index contributed by atoms with van der Waals surface area (Å²) in [5, 5.41) is 5.61. The minimum Gasteiger partial charge on any atom is -0.351 e. The Morgan fingerprint density at radius 3 is 2.69 bits per heavy atom. The number of hydrogen-bond acceptors (Lipinski definition) is 2. The molecule has 0 aliphatic carbocycles. The summed E-state index contributed by atoms with van der Waals surface area (Å²) in [6.07, 6.45) is 0. The maximum absolute atomic E-state index is 12.9. The van der Waals surface area contributed by atoms with Gasteiger partial charge in [0.1, 0.15) is 5.82 Å². The van der Waals surface area contributed by atoms with Gasteiger partial charge in [-0.3, -0.25) is 4.79 Å². The first kappa shape index (κ1) is 14.9. The monoisotopic (exact) mass is 246 g/mol. The van der Waals surface area contributed by atoms with Crippen molar-refractivity contribution in [2.24, 2.45) is 0 Å². The van der Waals surface area contributed by atoms with Gasteiger partial charge in [0.05, 0.1) is 0 Å². The first-order valence-electron chi connectivity index (χ1n) is 4.84. The lowest BCUT2D eigenvalue weighted by molar-refractivity contribution is 0.0953. The number of hydrogen-bond donors (Lipinski definition) is 2. The molecular weight excluding hydrogens is 231 g/mol. The van der Waals surface area contributed by atoms with E-state index in [0.29, 0.717) is 18.7 Å². The van der Waals surface area contributed by atoms with Crippen molar-refractivity contribution >= 4 is 18.3 Å². The number of amides is 1. The van der Waals surface area contributed by atoms with Crippen LogP contribution in [-0.2, 0) is 0 Å². The van der Waals surface area contributed by atoms with Crippen LogP contribution in [0.3, 0.4) is 0 Å². The van der Waals surface area contributed by atoms with Crippen molar-refractivity contribution in [2.75, 3.05) is 20.1 Å². The molecule has 16 heavy (non-hydrogen) atoms. The van der Waals surface area contributed by atoms with Crippen LogP contribution < -0.4 is 10.6 Å². The van der Waals surface area contributed by atoms with Crippen molar-refractivity contribution in [1.29, 1.82) is 0 Å². The van der Waals surface area contributed by atoms with Crippen molar-refractivity contribution in [3.63, 3.8) is 0 Å². The summed E-state index contributed by atoms with van der Waals surface area (Å²) in [6, 6.07) is 4.20. The van der Waals surface area contributed by atoms with Crippen LogP contribution in [0.15, 0.2) is 18.2 Å². The highest BCUT2D eigenvalue weighted by Gasteiger charge is 2.08. The lowest BCUT2D eigenvalue weighted by atomic mass is 10.1. The predicted octanol–water partition coefficient (Wildman–Crippen LogP) is 1.51. The molecule has 0 spiro atoms. The number of carbonyl (C=O) groups excluding carboxylic acids is 1. The normalized spacial score (nSPS) is 9.44. The summed E-state index contributed by atoms with van der Waals surface area (Å²) >= 11 is 0. The standard InChI is InChI=1S/C11H15FN2O.ClH/c1-8-3-4-9(12)7-10(8)11(15)14-6-5-13-2;/h3-4,7,13H,5-6H2,1-2H3,(H,14,15);1H. The summed E-state index contributed by atoms with van der Waals surface area (Å²) in [7, 11) is 1.81. The average Bonchev–Trinajstić information content (AvgIpc) is 2.22. The predicted molar refractivity (Wildman–Crippen MR) is 64.6 cm³/mol. The van der Waals surface area contributed by atoms with Crippen molar-refractivity contribution in [1.82, 2.24) is 10.6 Å². The van der Waals surface area contributed by atoms with Gasteiger partial charge in [0.25, 0.3) is 5.91 Å². The van der Waals surface area contributed by atoms with Gasteiger partial charge in [-0.15, -0.1) is 12.4 Å². The van der Waals surface area contributed by atoms with Crippen molar-refractivity contribution in [2.45, 2.75) is 6.92 Å². The zero-order chi connectivity index (χ0) is 11.3. The fraction of sp³-hybridized carbons (Fsp3) is 0.364. The van der Waals surface area contributed by atoms with E-state index in [1.807, 2.05) is 0 Å². The third kappa shape index (κ3) is 4.16. The van der Waals surface area contributed by atoms with Gasteiger partial charge in [-0.2, -0.15) is 0 Å². The molecule has 0 aromatic heterocycles. The summed E-state index contributed by atoms with van der Waals surface area (Å²) in [4.78, 5) is 11.6. The molecule has 3 nitrogen and oxygen atoms in total. The molecule has 90 valence electrons. The molecule has 2 N–H and O–H groups in total. The van der Waals surface area contributed by atoms with E-state index >= 15 is 0 Å². The third-order valence-electron chi connectivity index (χ3n) is 2.10. The van der Waals surface area contributed by atoms with Crippen LogP contribution in [0.2, 0.25) is 0 Å². The minimum atomic E-state index is -0.389. The Hall–Kier alpha value is -1.13. The quantitative estimate of drug-likeness (QED) is 0.791. The van der Waals surface area contributed by atoms with Gasteiger partial charge < -0.3 is 10.6 Å². The smallest absolute Gasteiger partial charge is 0.251 e. The van der Waals surface area contributed by atoms with E-state index in [4.69, 9.17) is 0 Å². The Kier molecular flexibility index (Phi) is 6.69. The second kappa shape index (κ2) is 7.19. The first-order valence-corrected chi connectivity index (χ1v) is 4.84. The fourth-order valence-corrected chi connectivity index (χ4v) is 1.24. The molecule has 1 aromatic rings. The summed E-state index contributed by atoms with van der Waals surface area (Å²) in [6.45, 7) is 3.01. The Bertz CT molecular complexity index is 358. The van der Waals surface area contributed by atoms with Gasteiger partial charge in [0.15, 0.2) is 0 Å². The molecule has 0 saturated heterocycles. The lowest BCUT2D eigenvalue weighted by Gasteiger charge is -2.07. The van der Waals surface area contributed by atoms with E-state index < -0.39 is 0 Å². The zero-order valence-corrected chi connectivity index (χ0v) is 10.2. The lowest BCUT2D eigenvalue weighted by Crippen LogP contribution is -2.30. The number of aryl methyl sites for hydroxylation is 1. The molecule has 0 radical (unpaired) electrons. The number of benzene rings is 1. The van der Waals surface area contributed by atoms with E-state index in [1.165, 1.54) is 12.1 Å². The molecule has 1 aromatic carbocycles. The maximum atomic E-state index is 12.9. The van der Waals surface area contributed by atoms with Gasteiger partial charge in [0, 0.05) is 18.7 Å². The number of carbonyl (C=O) groups is 1. The van der Waals surface area contributed by atoms with Crippen molar-refractivity contribution in [3.05, 3.63) is 35.1 Å². The summed E-state index contributed by atoms with van der Waals surface area (Å²) < 4.78 is 12.9. The number of rotatable bonds is 4. The minimum absolute atomic E-state index is 0. The van der Waals surface area contributed by atoms with Gasteiger partial charge in [-0.25, -0.2) is 4.39 Å². The average molecular weight is 247 g/mol. The number of nitrogens with one attached hydrogen (secondary N) is 2. The second-order valence-electron chi connectivity index (χ2n) is 3.32. The van der Waals surface area contributed by atoms with Gasteiger partial charge >= 0.3 is 0 Å². The van der Waals surface area contributed by atoms with Crippen molar-refractivity contribution in [3.8, 4) is 0 Å². The second-order valence-corrected chi connectivity index (χ2v) is 3.32. The van der Waals surface area contributed by atoms with Crippen LogP contribution in [-0.4, -0.2) is 26.0 Å². The Balaban J connectivity index is 0.00000225. The van der Waals surface area contributed by atoms with Crippen LogP contribution in [0.25, 0.3) is 0 Å². The zero-order valence-electron chi connectivity index (χ0n) is 9.34. The van der Waals surface area contributed by atoms with Crippen LogP contribution in [0.5, 0.6) is 0 Å². The van der Waals surface area contributed by atoms with E-state index in [2.05, 4.69) is 10.6 Å². The molecule has 1 amide bonds. The molecule has 0 fully saturated rings. The van der Waals surface area contributed by atoms with Crippen LogP contribution >= 0.6 is 12.4 Å². The van der Waals surface area contributed by atoms with E-state index in [0.717, 1.165) is 5.56 Å². The topological polar surface area (TPSA) is 41.1 Å². The molecule has 1 rings (SSSR count). The largest absolute Gasteiger partial charge is 0.351 e. The molecule has 0 heterocycles. The van der Waals surface area contributed by atoms with E-state index in [1.54, 1.807) is 20.0 Å². The van der Waals surface area contributed by atoms with Gasteiger partial charge in [-0.05, 0) is 31.7 Å². The SMILES string of the molecule is CNCCNC(=O)c1cc(F)ccc1C.Cl. The van der Waals surface area contributed by atoms with Gasteiger partial charge in [-0.1, -0.05) is 6.07 Å². The molecule has 0 unspecified atom stereocenters. The summed E-state index contributed by atoms with van der Waals surface area (Å²) in [5.41, 5.74) is 1.17. The third-order valence-corrected chi connectivity index (χ3v) is 2.10. The van der Waals surface area contributed by atoms with E-state index in [9.17, 15) is 9.18 Å². The molecule has 0 aliphatic heterocycles. The number of halogens is 2. The van der Waals surface area contributed by atoms with Gasteiger partial charge in [0.2, 0.25) is 0 Å². The fourth-order valence-electron chi connectivity index (χ4n) is 1.24. The van der Waals surface area contributed by atoms with Crippen LogP contribution in [0, 0.1) is 12.7 Å². The molecule has 0 aliphatic rings. The van der Waals surface area contributed by atoms with Crippen LogP contribution in [0.1, 0.15) is 15.9 Å². The molecule has 5 heteroatoms. The first-order chi connectivity index (χ1) is 7.15. The molecule has 0 bridgehead atoms. The molecular formula is C11H16ClFN2O. The highest BCUT2D eigenvalue weighted by Crippen LogP contribution is 2.09. The molecule has 0 atom stereocenters.